The Morgan fingerprint density at radius 2 is 2.09 bits per heavy atom. The molecule has 0 aliphatic carbocycles. The molecule has 1 fully saturated rings. The molecule has 1 unspecified atom stereocenters. The van der Waals surface area contributed by atoms with Crippen LogP contribution >= 0.6 is 11.8 Å². The summed E-state index contributed by atoms with van der Waals surface area (Å²) in [4.78, 5) is 20.6. The number of para-hydroxylation sites is 2. The van der Waals surface area contributed by atoms with E-state index in [2.05, 4.69) is 15.3 Å². The molecule has 1 amide bonds. The van der Waals surface area contributed by atoms with E-state index in [1.54, 1.807) is 6.20 Å². The Bertz CT molecular complexity index is 808. The highest BCUT2D eigenvalue weighted by atomic mass is 32.2. The maximum atomic E-state index is 11.9. The second-order valence-electron chi connectivity index (χ2n) is 5.15. The third-order valence-corrected chi connectivity index (χ3v) is 6.04. The summed E-state index contributed by atoms with van der Waals surface area (Å²) in [5.41, 5.74) is 1.60. The summed E-state index contributed by atoms with van der Waals surface area (Å²) in [7, 11) is -2.98. The van der Waals surface area contributed by atoms with Crippen molar-refractivity contribution in [2.45, 2.75) is 17.5 Å². The molecule has 1 saturated heterocycles. The van der Waals surface area contributed by atoms with Gasteiger partial charge in [-0.1, -0.05) is 23.9 Å². The quantitative estimate of drug-likeness (QED) is 0.838. The minimum Gasteiger partial charge on any atom is -0.352 e. The summed E-state index contributed by atoms with van der Waals surface area (Å²) in [5.74, 6) is 0.214. The lowest BCUT2D eigenvalue weighted by Gasteiger charge is -2.10. The van der Waals surface area contributed by atoms with Gasteiger partial charge in [0.1, 0.15) is 5.03 Å². The molecule has 8 heteroatoms. The number of amides is 1. The van der Waals surface area contributed by atoms with E-state index < -0.39 is 9.84 Å². The molecule has 1 atom stereocenters. The number of hydrogen-bond acceptors (Lipinski definition) is 6. The number of thioether (sulfide) groups is 1. The minimum atomic E-state index is -2.98. The lowest BCUT2D eigenvalue weighted by Crippen LogP contribution is -2.36. The van der Waals surface area contributed by atoms with E-state index in [0.29, 0.717) is 11.4 Å². The number of rotatable bonds is 4. The third kappa shape index (κ3) is 3.75. The van der Waals surface area contributed by atoms with Crippen molar-refractivity contribution >= 4 is 38.5 Å². The number of nitrogens with zero attached hydrogens (tertiary/aromatic N) is 2. The lowest BCUT2D eigenvalue weighted by molar-refractivity contribution is -0.119. The summed E-state index contributed by atoms with van der Waals surface area (Å²) in [6.45, 7) is 0. The van der Waals surface area contributed by atoms with Gasteiger partial charge < -0.3 is 5.32 Å². The van der Waals surface area contributed by atoms with Crippen molar-refractivity contribution in [3.05, 3.63) is 30.5 Å². The smallest absolute Gasteiger partial charge is 0.230 e. The van der Waals surface area contributed by atoms with E-state index in [1.807, 2.05) is 24.3 Å². The lowest BCUT2D eigenvalue weighted by atomic mass is 10.3. The number of nitrogens with one attached hydrogen (secondary N) is 1. The Kier molecular flexibility index (Phi) is 4.30. The fourth-order valence-corrected chi connectivity index (χ4v) is 4.65. The SMILES string of the molecule is O=C(CSc1cnc2ccccc2n1)NC1CCS(=O)(=O)C1. The van der Waals surface area contributed by atoms with E-state index in [4.69, 9.17) is 0 Å². The molecule has 6 nitrogen and oxygen atoms in total. The van der Waals surface area contributed by atoms with E-state index in [0.717, 1.165) is 11.0 Å². The molecule has 116 valence electrons. The van der Waals surface area contributed by atoms with Crippen LogP contribution in [0, 0.1) is 0 Å². The zero-order valence-electron chi connectivity index (χ0n) is 11.7. The maximum absolute atomic E-state index is 11.9. The van der Waals surface area contributed by atoms with E-state index in [9.17, 15) is 13.2 Å². The van der Waals surface area contributed by atoms with Crippen molar-refractivity contribution in [1.29, 1.82) is 0 Å². The highest BCUT2D eigenvalue weighted by Crippen LogP contribution is 2.18. The highest BCUT2D eigenvalue weighted by Gasteiger charge is 2.28. The first-order valence-electron chi connectivity index (χ1n) is 6.86. The largest absolute Gasteiger partial charge is 0.352 e. The fourth-order valence-electron chi connectivity index (χ4n) is 2.33. The summed E-state index contributed by atoms with van der Waals surface area (Å²) < 4.78 is 22.7. The van der Waals surface area contributed by atoms with Crippen LogP contribution in [-0.2, 0) is 14.6 Å². The standard InChI is InChI=1S/C14H15N3O3S2/c18-13(16-10-5-6-22(19,20)9-10)8-21-14-7-15-11-3-1-2-4-12(11)17-14/h1-4,7,10H,5-6,8-9H2,(H,16,18). The van der Waals surface area contributed by atoms with Gasteiger partial charge in [-0.2, -0.15) is 0 Å². The first-order chi connectivity index (χ1) is 10.5. The van der Waals surface area contributed by atoms with Gasteiger partial charge in [0.15, 0.2) is 9.84 Å². The zero-order chi connectivity index (χ0) is 15.6. The van der Waals surface area contributed by atoms with Crippen LogP contribution in [0.1, 0.15) is 6.42 Å². The molecular weight excluding hydrogens is 322 g/mol. The van der Waals surface area contributed by atoms with Crippen molar-refractivity contribution in [3.63, 3.8) is 0 Å². The van der Waals surface area contributed by atoms with Crippen molar-refractivity contribution in [3.8, 4) is 0 Å². The van der Waals surface area contributed by atoms with Gasteiger partial charge in [-0.25, -0.2) is 13.4 Å². The molecule has 0 radical (unpaired) electrons. The van der Waals surface area contributed by atoms with E-state index in [-0.39, 0.29) is 29.2 Å². The molecule has 3 rings (SSSR count). The normalized spacial score (nSPS) is 20.1. The van der Waals surface area contributed by atoms with Gasteiger partial charge in [-0.15, -0.1) is 0 Å². The van der Waals surface area contributed by atoms with Crippen LogP contribution < -0.4 is 5.32 Å². The average Bonchev–Trinajstić information content (AvgIpc) is 2.84. The molecule has 2 heterocycles. The summed E-state index contributed by atoms with van der Waals surface area (Å²) in [5, 5.41) is 3.43. The Balaban J connectivity index is 1.56. The van der Waals surface area contributed by atoms with Crippen LogP contribution in [0.25, 0.3) is 11.0 Å². The van der Waals surface area contributed by atoms with Crippen molar-refractivity contribution in [2.75, 3.05) is 17.3 Å². The number of hydrogen-bond donors (Lipinski definition) is 1. The van der Waals surface area contributed by atoms with Gasteiger partial charge in [0.2, 0.25) is 5.91 Å². The Hall–Kier alpha value is -1.67. The van der Waals surface area contributed by atoms with E-state index in [1.165, 1.54) is 11.8 Å². The highest BCUT2D eigenvalue weighted by molar-refractivity contribution is 7.99. The maximum Gasteiger partial charge on any atom is 0.230 e. The van der Waals surface area contributed by atoms with Crippen LogP contribution in [0.15, 0.2) is 35.5 Å². The van der Waals surface area contributed by atoms with Gasteiger partial charge >= 0.3 is 0 Å². The second kappa shape index (κ2) is 6.21. The third-order valence-electron chi connectivity index (χ3n) is 3.38. The summed E-state index contributed by atoms with van der Waals surface area (Å²) in [6, 6.07) is 7.27. The van der Waals surface area contributed by atoms with Crippen molar-refractivity contribution in [2.24, 2.45) is 0 Å². The summed E-state index contributed by atoms with van der Waals surface area (Å²) in [6.07, 6.45) is 2.13. The van der Waals surface area contributed by atoms with Crippen LogP contribution in [0.4, 0.5) is 0 Å². The van der Waals surface area contributed by atoms with Gasteiger partial charge in [0.25, 0.3) is 0 Å². The molecule has 0 bridgehead atoms. The first kappa shape index (κ1) is 15.2. The molecule has 1 aromatic carbocycles. The van der Waals surface area contributed by atoms with E-state index >= 15 is 0 Å². The molecule has 0 spiro atoms. The monoisotopic (exact) mass is 337 g/mol. The zero-order valence-corrected chi connectivity index (χ0v) is 13.4. The minimum absolute atomic E-state index is 0.0409. The van der Waals surface area contributed by atoms with Gasteiger partial charge in [0, 0.05) is 6.04 Å². The predicted molar refractivity (Wildman–Crippen MR) is 85.5 cm³/mol. The molecule has 0 saturated carbocycles. The van der Waals surface area contributed by atoms with Crippen LogP contribution in [-0.4, -0.2) is 47.6 Å². The first-order valence-corrected chi connectivity index (χ1v) is 9.67. The number of carbonyl (C=O) groups excluding carboxylic acids is 1. The molecular formula is C14H15N3O3S2. The van der Waals surface area contributed by atoms with Gasteiger partial charge in [0.05, 0.1) is 34.5 Å². The Labute approximate surface area is 132 Å². The predicted octanol–water partition coefficient (Wildman–Crippen LogP) is 1.03. The molecule has 1 N–H and O–H groups in total. The topological polar surface area (TPSA) is 89.0 Å². The number of sulfone groups is 1. The molecule has 1 aromatic heterocycles. The van der Waals surface area contributed by atoms with Gasteiger partial charge in [-0.3, -0.25) is 9.78 Å². The van der Waals surface area contributed by atoms with Crippen LogP contribution in [0.5, 0.6) is 0 Å². The van der Waals surface area contributed by atoms with Crippen molar-refractivity contribution in [1.82, 2.24) is 15.3 Å². The second-order valence-corrected chi connectivity index (χ2v) is 8.38. The number of benzene rings is 1. The summed E-state index contributed by atoms with van der Waals surface area (Å²) >= 11 is 1.29. The molecule has 22 heavy (non-hydrogen) atoms. The Morgan fingerprint density at radius 1 is 1.32 bits per heavy atom. The molecule has 1 aliphatic rings. The number of carbonyl (C=O) groups is 1. The Morgan fingerprint density at radius 3 is 2.82 bits per heavy atom. The van der Waals surface area contributed by atoms with Crippen LogP contribution in [0.3, 0.4) is 0 Å². The van der Waals surface area contributed by atoms with Crippen molar-refractivity contribution < 1.29 is 13.2 Å². The van der Waals surface area contributed by atoms with Crippen LogP contribution in [0.2, 0.25) is 0 Å². The molecule has 2 aromatic rings. The molecule has 1 aliphatic heterocycles. The average molecular weight is 337 g/mol. The fraction of sp³-hybridized carbons (Fsp3) is 0.357. The number of aromatic nitrogens is 2. The van der Waals surface area contributed by atoms with Gasteiger partial charge in [-0.05, 0) is 18.6 Å². The number of fused-ring (bicyclic) bond motifs is 1.